The average molecular weight is 234 g/mol. The smallest absolute Gasteiger partial charge is 0.0897 e. The third-order valence-electron chi connectivity index (χ3n) is 2.22. The maximum Gasteiger partial charge on any atom is 0.0897 e. The number of thiazole rings is 1. The van der Waals surface area contributed by atoms with Crippen molar-refractivity contribution in [2.24, 2.45) is 0 Å². The Bertz CT molecular complexity index is 467. The SMILES string of the molecule is Cc1nc(CCNc2ccncc2N)cs1. The van der Waals surface area contributed by atoms with E-state index in [9.17, 15) is 0 Å². The Kier molecular flexibility index (Phi) is 3.36. The molecule has 0 spiro atoms. The molecule has 0 bridgehead atoms. The number of aromatic nitrogens is 2. The Morgan fingerprint density at radius 3 is 3.06 bits per heavy atom. The van der Waals surface area contributed by atoms with Gasteiger partial charge in [0.05, 0.1) is 28.3 Å². The first-order valence-corrected chi connectivity index (χ1v) is 5.98. The molecule has 0 aliphatic heterocycles. The monoisotopic (exact) mass is 234 g/mol. The lowest BCUT2D eigenvalue weighted by Gasteiger charge is -2.07. The third-order valence-corrected chi connectivity index (χ3v) is 3.04. The number of pyridine rings is 1. The average Bonchev–Trinajstić information content (AvgIpc) is 2.67. The van der Waals surface area contributed by atoms with Gasteiger partial charge in [-0.1, -0.05) is 0 Å². The Labute approximate surface area is 98.6 Å². The van der Waals surface area contributed by atoms with E-state index < -0.39 is 0 Å². The molecule has 0 saturated heterocycles. The quantitative estimate of drug-likeness (QED) is 0.850. The number of nitrogen functional groups attached to an aromatic ring is 1. The molecule has 0 radical (unpaired) electrons. The van der Waals surface area contributed by atoms with Gasteiger partial charge in [-0.3, -0.25) is 4.98 Å². The van der Waals surface area contributed by atoms with Crippen LogP contribution in [0.25, 0.3) is 0 Å². The number of nitrogens with two attached hydrogens (primary N) is 1. The molecule has 0 fully saturated rings. The van der Waals surface area contributed by atoms with Crippen molar-refractivity contribution in [3.63, 3.8) is 0 Å². The normalized spacial score (nSPS) is 10.3. The van der Waals surface area contributed by atoms with E-state index in [1.807, 2.05) is 13.0 Å². The fraction of sp³-hybridized carbons (Fsp3) is 0.273. The summed E-state index contributed by atoms with van der Waals surface area (Å²) in [7, 11) is 0. The number of aryl methyl sites for hydroxylation is 1. The number of nitrogens with one attached hydrogen (secondary N) is 1. The minimum atomic E-state index is 0.678. The van der Waals surface area contributed by atoms with E-state index in [0.717, 1.165) is 29.4 Å². The molecular formula is C11H14N4S. The van der Waals surface area contributed by atoms with Crippen LogP contribution in [-0.4, -0.2) is 16.5 Å². The second-order valence-electron chi connectivity index (χ2n) is 3.50. The first-order chi connectivity index (χ1) is 7.75. The highest BCUT2D eigenvalue weighted by atomic mass is 32.1. The molecule has 0 aliphatic carbocycles. The molecule has 0 amide bonds. The van der Waals surface area contributed by atoms with Crippen LogP contribution < -0.4 is 11.1 Å². The Morgan fingerprint density at radius 2 is 2.38 bits per heavy atom. The molecule has 0 aliphatic rings. The Hall–Kier alpha value is -1.62. The second-order valence-corrected chi connectivity index (χ2v) is 4.56. The lowest BCUT2D eigenvalue weighted by molar-refractivity contribution is 0.968. The predicted molar refractivity (Wildman–Crippen MR) is 67.7 cm³/mol. The van der Waals surface area contributed by atoms with Crippen molar-refractivity contribution in [2.45, 2.75) is 13.3 Å². The summed E-state index contributed by atoms with van der Waals surface area (Å²) in [6.07, 6.45) is 4.28. The van der Waals surface area contributed by atoms with E-state index in [4.69, 9.17) is 5.73 Å². The van der Waals surface area contributed by atoms with Gasteiger partial charge in [0, 0.05) is 24.5 Å². The van der Waals surface area contributed by atoms with Crippen molar-refractivity contribution in [3.05, 3.63) is 34.5 Å². The van der Waals surface area contributed by atoms with Gasteiger partial charge in [-0.2, -0.15) is 0 Å². The predicted octanol–water partition coefficient (Wildman–Crippen LogP) is 2.08. The zero-order chi connectivity index (χ0) is 11.4. The zero-order valence-electron chi connectivity index (χ0n) is 9.10. The maximum atomic E-state index is 5.77. The lowest BCUT2D eigenvalue weighted by atomic mass is 10.3. The van der Waals surface area contributed by atoms with Crippen molar-refractivity contribution in [3.8, 4) is 0 Å². The van der Waals surface area contributed by atoms with Gasteiger partial charge in [0.25, 0.3) is 0 Å². The molecule has 2 rings (SSSR count). The molecule has 4 nitrogen and oxygen atoms in total. The van der Waals surface area contributed by atoms with Crippen LogP contribution >= 0.6 is 11.3 Å². The summed E-state index contributed by atoms with van der Waals surface area (Å²) in [6.45, 7) is 2.85. The van der Waals surface area contributed by atoms with Gasteiger partial charge in [-0.05, 0) is 13.0 Å². The van der Waals surface area contributed by atoms with E-state index >= 15 is 0 Å². The molecule has 2 aromatic rings. The van der Waals surface area contributed by atoms with Crippen LogP contribution in [0, 0.1) is 6.92 Å². The van der Waals surface area contributed by atoms with Crippen LogP contribution in [0.4, 0.5) is 11.4 Å². The van der Waals surface area contributed by atoms with Gasteiger partial charge in [0.15, 0.2) is 0 Å². The molecular weight excluding hydrogens is 220 g/mol. The molecule has 5 heteroatoms. The topological polar surface area (TPSA) is 63.8 Å². The van der Waals surface area contributed by atoms with Crippen LogP contribution in [0.3, 0.4) is 0 Å². The summed E-state index contributed by atoms with van der Waals surface area (Å²) >= 11 is 1.68. The van der Waals surface area contributed by atoms with Crippen LogP contribution in [0.1, 0.15) is 10.7 Å². The van der Waals surface area contributed by atoms with E-state index in [2.05, 4.69) is 20.7 Å². The fourth-order valence-electron chi connectivity index (χ4n) is 1.42. The molecule has 2 heterocycles. The van der Waals surface area contributed by atoms with Gasteiger partial charge in [0.2, 0.25) is 0 Å². The van der Waals surface area contributed by atoms with Crippen molar-refractivity contribution in [1.29, 1.82) is 0 Å². The largest absolute Gasteiger partial charge is 0.396 e. The molecule has 0 unspecified atom stereocenters. The maximum absolute atomic E-state index is 5.77. The summed E-state index contributed by atoms with van der Waals surface area (Å²) in [6, 6.07) is 1.88. The lowest BCUT2D eigenvalue weighted by Crippen LogP contribution is -2.07. The summed E-state index contributed by atoms with van der Waals surface area (Å²) in [5.41, 5.74) is 8.50. The molecule has 3 N–H and O–H groups in total. The number of hydrogen-bond acceptors (Lipinski definition) is 5. The van der Waals surface area contributed by atoms with E-state index in [0.29, 0.717) is 5.69 Å². The first kappa shape index (κ1) is 10.9. The van der Waals surface area contributed by atoms with Crippen molar-refractivity contribution < 1.29 is 0 Å². The van der Waals surface area contributed by atoms with Crippen molar-refractivity contribution >= 4 is 22.7 Å². The Morgan fingerprint density at radius 1 is 1.50 bits per heavy atom. The minimum absolute atomic E-state index is 0.678. The number of nitrogens with zero attached hydrogens (tertiary/aromatic N) is 2. The zero-order valence-corrected chi connectivity index (χ0v) is 9.92. The van der Waals surface area contributed by atoms with Crippen LogP contribution in [0.5, 0.6) is 0 Å². The van der Waals surface area contributed by atoms with Crippen LogP contribution in [0.15, 0.2) is 23.8 Å². The van der Waals surface area contributed by atoms with Gasteiger partial charge in [0.1, 0.15) is 0 Å². The van der Waals surface area contributed by atoms with Gasteiger partial charge >= 0.3 is 0 Å². The highest BCUT2D eigenvalue weighted by molar-refractivity contribution is 7.09. The Balaban J connectivity index is 1.87. The van der Waals surface area contributed by atoms with E-state index in [-0.39, 0.29) is 0 Å². The van der Waals surface area contributed by atoms with Gasteiger partial charge in [-0.15, -0.1) is 11.3 Å². The highest BCUT2D eigenvalue weighted by Crippen LogP contribution is 2.15. The summed E-state index contributed by atoms with van der Waals surface area (Å²) in [5, 5.41) is 6.47. The standard InChI is InChI=1S/C11H14N4S/c1-8-15-9(7-16-8)2-5-14-11-3-4-13-6-10(11)12/h3-4,6-7H,2,5,12H2,1H3,(H,13,14). The van der Waals surface area contributed by atoms with Gasteiger partial charge < -0.3 is 11.1 Å². The van der Waals surface area contributed by atoms with Crippen LogP contribution in [0.2, 0.25) is 0 Å². The molecule has 0 saturated carbocycles. The molecule has 84 valence electrons. The van der Waals surface area contributed by atoms with Crippen LogP contribution in [-0.2, 0) is 6.42 Å². The number of hydrogen-bond donors (Lipinski definition) is 2. The summed E-state index contributed by atoms with van der Waals surface area (Å²) in [5.74, 6) is 0. The molecule has 0 atom stereocenters. The van der Waals surface area contributed by atoms with Gasteiger partial charge in [-0.25, -0.2) is 4.98 Å². The van der Waals surface area contributed by atoms with Crippen molar-refractivity contribution in [1.82, 2.24) is 9.97 Å². The second kappa shape index (κ2) is 4.94. The molecule has 0 aromatic carbocycles. The number of rotatable bonds is 4. The van der Waals surface area contributed by atoms with E-state index in [1.165, 1.54) is 0 Å². The molecule has 2 aromatic heterocycles. The third kappa shape index (κ3) is 2.70. The minimum Gasteiger partial charge on any atom is -0.396 e. The van der Waals surface area contributed by atoms with E-state index in [1.54, 1.807) is 23.7 Å². The first-order valence-electron chi connectivity index (χ1n) is 5.10. The summed E-state index contributed by atoms with van der Waals surface area (Å²) < 4.78 is 0. The fourth-order valence-corrected chi connectivity index (χ4v) is 2.06. The number of anilines is 2. The summed E-state index contributed by atoms with van der Waals surface area (Å²) in [4.78, 5) is 8.34. The molecule has 16 heavy (non-hydrogen) atoms. The van der Waals surface area contributed by atoms with Crippen molar-refractivity contribution in [2.75, 3.05) is 17.6 Å². The highest BCUT2D eigenvalue weighted by Gasteiger charge is 2.00.